The smallest absolute Gasteiger partial charge is 0.236 e. The van der Waals surface area contributed by atoms with Crippen molar-refractivity contribution >= 4 is 5.91 Å². The molecule has 1 aliphatic heterocycles. The van der Waals surface area contributed by atoms with Crippen LogP contribution in [0.2, 0.25) is 0 Å². The highest BCUT2D eigenvalue weighted by molar-refractivity contribution is 5.78. The van der Waals surface area contributed by atoms with E-state index >= 15 is 0 Å². The molecule has 5 heteroatoms. The summed E-state index contributed by atoms with van der Waals surface area (Å²) in [6.07, 6.45) is 2.14. The summed E-state index contributed by atoms with van der Waals surface area (Å²) < 4.78 is 10.8. The van der Waals surface area contributed by atoms with Crippen LogP contribution >= 0.6 is 0 Å². The van der Waals surface area contributed by atoms with Crippen LogP contribution in [-0.4, -0.2) is 50.1 Å². The van der Waals surface area contributed by atoms with Crippen LogP contribution in [-0.2, 0) is 11.3 Å². The van der Waals surface area contributed by atoms with Crippen molar-refractivity contribution in [1.82, 2.24) is 9.80 Å². The molecule has 1 atom stereocenters. The first kappa shape index (κ1) is 19.2. The summed E-state index contributed by atoms with van der Waals surface area (Å²) in [5, 5.41) is 0. The van der Waals surface area contributed by atoms with Crippen LogP contribution < -0.4 is 9.47 Å². The van der Waals surface area contributed by atoms with Crippen molar-refractivity contribution in [2.24, 2.45) is 0 Å². The third kappa shape index (κ3) is 4.61. The number of ether oxygens (including phenoxy) is 2. The second-order valence-electron chi connectivity index (χ2n) is 6.98. The summed E-state index contributed by atoms with van der Waals surface area (Å²) in [5.74, 6) is 1.60. The van der Waals surface area contributed by atoms with Crippen molar-refractivity contribution in [3.8, 4) is 11.5 Å². The molecule has 27 heavy (non-hydrogen) atoms. The Morgan fingerprint density at radius 1 is 1.11 bits per heavy atom. The summed E-state index contributed by atoms with van der Waals surface area (Å²) in [7, 11) is 5.16. The summed E-state index contributed by atoms with van der Waals surface area (Å²) in [4.78, 5) is 16.8. The highest BCUT2D eigenvalue weighted by atomic mass is 16.5. The topological polar surface area (TPSA) is 42.0 Å². The van der Waals surface area contributed by atoms with E-state index in [4.69, 9.17) is 9.47 Å². The monoisotopic (exact) mass is 368 g/mol. The van der Waals surface area contributed by atoms with Crippen molar-refractivity contribution < 1.29 is 14.3 Å². The first-order valence-electron chi connectivity index (χ1n) is 9.36. The largest absolute Gasteiger partial charge is 0.493 e. The Hall–Kier alpha value is -2.53. The molecule has 0 spiro atoms. The predicted molar refractivity (Wildman–Crippen MR) is 106 cm³/mol. The summed E-state index contributed by atoms with van der Waals surface area (Å²) in [6.45, 7) is 2.00. The van der Waals surface area contributed by atoms with Crippen LogP contribution in [0.4, 0.5) is 0 Å². The van der Waals surface area contributed by atoms with Crippen molar-refractivity contribution in [3.05, 3.63) is 59.7 Å². The Morgan fingerprint density at radius 2 is 1.85 bits per heavy atom. The van der Waals surface area contributed by atoms with E-state index in [1.165, 1.54) is 5.56 Å². The zero-order valence-corrected chi connectivity index (χ0v) is 16.4. The fraction of sp³-hybridized carbons (Fsp3) is 0.409. The Bertz CT molecular complexity index is 763. The van der Waals surface area contributed by atoms with Gasteiger partial charge in [-0.25, -0.2) is 0 Å². The summed E-state index contributed by atoms with van der Waals surface area (Å²) in [5.41, 5.74) is 2.31. The van der Waals surface area contributed by atoms with Gasteiger partial charge in [0.25, 0.3) is 0 Å². The first-order chi connectivity index (χ1) is 13.1. The SMILES string of the molecule is COc1ccc([C@@H]2CCCN2CC(=O)N(C)Cc2ccccc2)cc1OC. The molecular formula is C22H28N2O3. The molecule has 0 N–H and O–H groups in total. The number of likely N-dealkylation sites (N-methyl/N-ethyl adjacent to an activating group) is 1. The van der Waals surface area contributed by atoms with Gasteiger partial charge in [0.15, 0.2) is 11.5 Å². The molecule has 0 aromatic heterocycles. The number of likely N-dealkylation sites (tertiary alicyclic amines) is 1. The van der Waals surface area contributed by atoms with Gasteiger partial charge in [0, 0.05) is 19.6 Å². The van der Waals surface area contributed by atoms with Crippen molar-refractivity contribution in [3.63, 3.8) is 0 Å². The van der Waals surface area contributed by atoms with Crippen molar-refractivity contribution in [2.75, 3.05) is 34.4 Å². The van der Waals surface area contributed by atoms with E-state index in [0.717, 1.165) is 36.4 Å². The minimum Gasteiger partial charge on any atom is -0.493 e. The zero-order valence-electron chi connectivity index (χ0n) is 16.4. The van der Waals surface area contributed by atoms with Crippen LogP contribution in [0.15, 0.2) is 48.5 Å². The van der Waals surface area contributed by atoms with E-state index in [1.807, 2.05) is 49.5 Å². The maximum absolute atomic E-state index is 12.7. The van der Waals surface area contributed by atoms with Crippen LogP contribution in [0.3, 0.4) is 0 Å². The second-order valence-corrected chi connectivity index (χ2v) is 6.98. The normalized spacial score (nSPS) is 16.9. The molecule has 1 heterocycles. The molecule has 144 valence electrons. The fourth-order valence-electron chi connectivity index (χ4n) is 3.69. The molecule has 1 amide bonds. The first-order valence-corrected chi connectivity index (χ1v) is 9.36. The molecule has 2 aromatic rings. The number of carbonyl (C=O) groups excluding carboxylic acids is 1. The number of benzene rings is 2. The third-order valence-corrected chi connectivity index (χ3v) is 5.18. The van der Waals surface area contributed by atoms with Crippen LogP contribution in [0.1, 0.15) is 30.0 Å². The average molecular weight is 368 g/mol. The predicted octanol–water partition coefficient (Wildman–Crippen LogP) is 3.50. The van der Waals surface area contributed by atoms with Gasteiger partial charge in [-0.05, 0) is 42.6 Å². The molecule has 0 radical (unpaired) electrons. The van der Waals surface area contributed by atoms with Gasteiger partial charge >= 0.3 is 0 Å². The fourth-order valence-corrected chi connectivity index (χ4v) is 3.69. The Kier molecular flexibility index (Phi) is 6.35. The lowest BCUT2D eigenvalue weighted by Gasteiger charge is -2.27. The lowest BCUT2D eigenvalue weighted by atomic mass is 10.0. The van der Waals surface area contributed by atoms with Gasteiger partial charge in [-0.15, -0.1) is 0 Å². The number of hydrogen-bond donors (Lipinski definition) is 0. The summed E-state index contributed by atoms with van der Waals surface area (Å²) >= 11 is 0. The quantitative estimate of drug-likeness (QED) is 0.750. The maximum atomic E-state index is 12.7. The number of rotatable bonds is 7. The van der Waals surface area contributed by atoms with Crippen molar-refractivity contribution in [2.45, 2.75) is 25.4 Å². The van der Waals surface area contributed by atoms with E-state index in [2.05, 4.69) is 11.0 Å². The Morgan fingerprint density at radius 3 is 2.56 bits per heavy atom. The van der Waals surface area contributed by atoms with Gasteiger partial charge in [0.2, 0.25) is 5.91 Å². The standard InChI is InChI=1S/C22H28N2O3/c1-23(15-17-8-5-4-6-9-17)22(25)16-24-13-7-10-19(24)18-11-12-20(26-2)21(14-18)27-3/h4-6,8-9,11-12,14,19H,7,10,13,15-16H2,1-3H3/t19-/m0/s1. The zero-order chi connectivity index (χ0) is 19.2. The van der Waals surface area contributed by atoms with E-state index in [9.17, 15) is 4.79 Å². The summed E-state index contributed by atoms with van der Waals surface area (Å²) in [6, 6.07) is 16.4. The molecule has 1 saturated heterocycles. The highest BCUT2D eigenvalue weighted by Crippen LogP contribution is 2.36. The number of methoxy groups -OCH3 is 2. The number of hydrogen-bond acceptors (Lipinski definition) is 4. The molecule has 0 aliphatic carbocycles. The van der Waals surface area contributed by atoms with E-state index < -0.39 is 0 Å². The molecular weight excluding hydrogens is 340 g/mol. The van der Waals surface area contributed by atoms with Crippen LogP contribution in [0.25, 0.3) is 0 Å². The molecule has 3 rings (SSSR count). The molecule has 1 aliphatic rings. The molecule has 0 saturated carbocycles. The Balaban J connectivity index is 1.66. The van der Waals surface area contributed by atoms with E-state index in [1.54, 1.807) is 19.1 Å². The van der Waals surface area contributed by atoms with Crippen molar-refractivity contribution in [1.29, 1.82) is 0 Å². The second kappa shape index (κ2) is 8.91. The highest BCUT2D eigenvalue weighted by Gasteiger charge is 2.29. The van der Waals surface area contributed by atoms with E-state index in [0.29, 0.717) is 13.1 Å². The maximum Gasteiger partial charge on any atom is 0.236 e. The molecule has 1 fully saturated rings. The van der Waals surface area contributed by atoms with Gasteiger partial charge in [-0.1, -0.05) is 36.4 Å². The third-order valence-electron chi connectivity index (χ3n) is 5.18. The van der Waals surface area contributed by atoms with Gasteiger partial charge in [0.05, 0.1) is 20.8 Å². The van der Waals surface area contributed by atoms with Crippen LogP contribution in [0.5, 0.6) is 11.5 Å². The van der Waals surface area contributed by atoms with Gasteiger partial charge in [0.1, 0.15) is 0 Å². The number of carbonyl (C=O) groups is 1. The minimum absolute atomic E-state index is 0.145. The number of amides is 1. The van der Waals surface area contributed by atoms with Gasteiger partial charge in [-0.3, -0.25) is 9.69 Å². The van der Waals surface area contributed by atoms with Crippen LogP contribution in [0, 0.1) is 0 Å². The lowest BCUT2D eigenvalue weighted by molar-refractivity contribution is -0.131. The molecule has 0 unspecified atom stereocenters. The van der Waals surface area contributed by atoms with E-state index in [-0.39, 0.29) is 11.9 Å². The molecule has 2 aromatic carbocycles. The lowest BCUT2D eigenvalue weighted by Crippen LogP contribution is -2.37. The minimum atomic E-state index is 0.145. The van der Waals surface area contributed by atoms with Gasteiger partial charge in [-0.2, -0.15) is 0 Å². The number of nitrogens with zero attached hydrogens (tertiary/aromatic N) is 2. The molecule has 5 nitrogen and oxygen atoms in total. The van der Waals surface area contributed by atoms with Gasteiger partial charge < -0.3 is 14.4 Å². The average Bonchev–Trinajstić information content (AvgIpc) is 3.16. The Labute approximate surface area is 161 Å². The molecule has 0 bridgehead atoms.